The van der Waals surface area contributed by atoms with Gasteiger partial charge in [-0.3, -0.25) is 4.79 Å². The summed E-state index contributed by atoms with van der Waals surface area (Å²) in [5, 5.41) is 9.24. The number of rotatable bonds is 1. The van der Waals surface area contributed by atoms with Crippen LogP contribution in [0.2, 0.25) is 0 Å². The molecule has 2 heteroatoms. The van der Waals surface area contributed by atoms with Gasteiger partial charge in [0.05, 0.1) is 6.61 Å². The molecule has 0 aliphatic heterocycles. The highest BCUT2D eigenvalue weighted by Gasteiger charge is 2.18. The Bertz CT molecular complexity index is 324. The fraction of sp³-hybridized carbons (Fsp3) is 0.667. The van der Waals surface area contributed by atoms with E-state index in [1.165, 1.54) is 5.57 Å². The van der Waals surface area contributed by atoms with E-state index in [0.29, 0.717) is 0 Å². The Balaban J connectivity index is 2.86. The van der Waals surface area contributed by atoms with Crippen molar-refractivity contribution in [1.29, 1.82) is 0 Å². The second-order valence-corrected chi connectivity index (χ2v) is 5.75. The van der Waals surface area contributed by atoms with Crippen LogP contribution in [0.5, 0.6) is 0 Å². The molecular weight excluding hydrogens is 212 g/mol. The van der Waals surface area contributed by atoms with Crippen molar-refractivity contribution in [3.8, 4) is 0 Å². The Labute approximate surface area is 104 Å². The van der Waals surface area contributed by atoms with Gasteiger partial charge in [-0.1, -0.05) is 31.6 Å². The number of aliphatic hydroxyl groups is 1. The van der Waals surface area contributed by atoms with Crippen LogP contribution >= 0.6 is 0 Å². The number of carbonyl (C=O) groups is 1. The molecule has 0 heterocycles. The summed E-state index contributed by atoms with van der Waals surface area (Å²) >= 11 is 0. The summed E-state index contributed by atoms with van der Waals surface area (Å²) in [5.74, 6) is -0.145. The van der Waals surface area contributed by atoms with Gasteiger partial charge in [-0.2, -0.15) is 0 Å². The number of aliphatic hydroxyl groups excluding tert-OH is 1. The molecule has 96 valence electrons. The molecule has 1 atom stereocenters. The molecule has 0 saturated heterocycles. The first-order chi connectivity index (χ1) is 7.94. The fourth-order valence-electron chi connectivity index (χ4n) is 2.00. The van der Waals surface area contributed by atoms with Gasteiger partial charge in [0.1, 0.15) is 0 Å². The average molecular weight is 236 g/mol. The largest absolute Gasteiger partial charge is 0.396 e. The van der Waals surface area contributed by atoms with Gasteiger partial charge in [-0.25, -0.2) is 0 Å². The highest BCUT2D eigenvalue weighted by Crippen LogP contribution is 2.26. The molecule has 0 amide bonds. The van der Waals surface area contributed by atoms with Gasteiger partial charge in [0.25, 0.3) is 0 Å². The number of carbonyl (C=O) groups excluding carboxylic acids is 1. The molecule has 1 aliphatic carbocycles. The predicted octanol–water partition coefficient (Wildman–Crippen LogP) is 3.27. The summed E-state index contributed by atoms with van der Waals surface area (Å²) in [7, 11) is 0. The lowest BCUT2D eigenvalue weighted by atomic mass is 9.87. The first kappa shape index (κ1) is 14.2. The Hall–Kier alpha value is -0.890. The van der Waals surface area contributed by atoms with Crippen LogP contribution in [-0.2, 0) is 4.79 Å². The normalized spacial score (nSPS) is 31.2. The second-order valence-electron chi connectivity index (χ2n) is 5.75. The zero-order chi connectivity index (χ0) is 12.9. The van der Waals surface area contributed by atoms with Crippen LogP contribution in [0.3, 0.4) is 0 Å². The maximum Gasteiger partial charge on any atom is 0.160 e. The number of ketones is 1. The van der Waals surface area contributed by atoms with Crippen molar-refractivity contribution in [2.45, 2.75) is 46.5 Å². The Morgan fingerprint density at radius 1 is 1.47 bits per heavy atom. The molecule has 2 nitrogen and oxygen atoms in total. The zero-order valence-corrected chi connectivity index (χ0v) is 11.2. The van der Waals surface area contributed by atoms with Crippen molar-refractivity contribution < 1.29 is 9.90 Å². The first-order valence-electron chi connectivity index (χ1n) is 6.44. The highest BCUT2D eigenvalue weighted by atomic mass is 16.3. The van der Waals surface area contributed by atoms with Crippen molar-refractivity contribution in [1.82, 2.24) is 0 Å². The third kappa shape index (κ3) is 4.86. The smallest absolute Gasteiger partial charge is 0.160 e. The van der Waals surface area contributed by atoms with E-state index in [1.807, 2.05) is 6.08 Å². The first-order valence-corrected chi connectivity index (χ1v) is 6.44. The molecule has 0 aromatic rings. The van der Waals surface area contributed by atoms with Crippen LogP contribution in [0, 0.1) is 11.3 Å². The minimum absolute atomic E-state index is 0.0151. The van der Waals surface area contributed by atoms with Crippen molar-refractivity contribution in [2.24, 2.45) is 11.3 Å². The van der Waals surface area contributed by atoms with Gasteiger partial charge in [0.2, 0.25) is 0 Å². The molecule has 0 spiro atoms. The van der Waals surface area contributed by atoms with Crippen LogP contribution < -0.4 is 0 Å². The van der Waals surface area contributed by atoms with E-state index >= 15 is 0 Å². The molecule has 17 heavy (non-hydrogen) atoms. The van der Waals surface area contributed by atoms with E-state index in [4.69, 9.17) is 0 Å². The summed E-state index contributed by atoms with van der Waals surface area (Å²) in [6.07, 6.45) is 9.67. The third-order valence-electron chi connectivity index (χ3n) is 3.42. The molecule has 1 N–H and O–H groups in total. The van der Waals surface area contributed by atoms with E-state index in [0.717, 1.165) is 25.7 Å². The van der Waals surface area contributed by atoms with Crippen molar-refractivity contribution in [2.75, 3.05) is 6.61 Å². The van der Waals surface area contributed by atoms with E-state index in [9.17, 15) is 9.90 Å². The number of hydrogen-bond acceptors (Lipinski definition) is 2. The van der Waals surface area contributed by atoms with E-state index in [2.05, 4.69) is 26.8 Å². The molecule has 0 radical (unpaired) electrons. The van der Waals surface area contributed by atoms with Crippen molar-refractivity contribution in [3.05, 3.63) is 23.8 Å². The maximum absolute atomic E-state index is 11.9. The van der Waals surface area contributed by atoms with Crippen LogP contribution in [0.4, 0.5) is 0 Å². The van der Waals surface area contributed by atoms with Gasteiger partial charge < -0.3 is 5.11 Å². The average Bonchev–Trinajstić information content (AvgIpc) is 2.30. The van der Waals surface area contributed by atoms with Crippen LogP contribution in [-0.4, -0.2) is 17.5 Å². The summed E-state index contributed by atoms with van der Waals surface area (Å²) in [6.45, 7) is 6.37. The molecule has 0 unspecified atom stereocenters. The Kier molecular flexibility index (Phi) is 5.13. The lowest BCUT2D eigenvalue weighted by Gasteiger charge is -2.18. The molecule has 0 bridgehead atoms. The second kappa shape index (κ2) is 6.15. The van der Waals surface area contributed by atoms with Crippen LogP contribution in [0.25, 0.3) is 0 Å². The standard InChI is InChI=1S/C15H24O2/c1-12-5-4-6-13(11-16)14(17)8-10-15(2,3)9-7-12/h7-8,10,13,16H,4-6,9,11H2,1-3H3/b10-8+,12-7+/t13-/m1/s1. The van der Waals surface area contributed by atoms with E-state index in [-0.39, 0.29) is 23.7 Å². The predicted molar refractivity (Wildman–Crippen MR) is 70.7 cm³/mol. The van der Waals surface area contributed by atoms with Gasteiger partial charge in [-0.05, 0) is 44.1 Å². The SMILES string of the molecule is C/C1=C\CC(C)(C)/C=C/C(=O)[C@@H](CO)CCC1. The fourth-order valence-corrected chi connectivity index (χ4v) is 2.00. The molecule has 0 fully saturated rings. The van der Waals surface area contributed by atoms with Gasteiger partial charge in [-0.15, -0.1) is 0 Å². The minimum Gasteiger partial charge on any atom is -0.396 e. The van der Waals surface area contributed by atoms with Gasteiger partial charge in [0.15, 0.2) is 5.78 Å². The van der Waals surface area contributed by atoms with Gasteiger partial charge in [0, 0.05) is 5.92 Å². The van der Waals surface area contributed by atoms with Crippen molar-refractivity contribution >= 4 is 5.78 Å². The van der Waals surface area contributed by atoms with E-state index in [1.54, 1.807) is 6.08 Å². The van der Waals surface area contributed by atoms with Crippen LogP contribution in [0.1, 0.15) is 46.5 Å². The van der Waals surface area contributed by atoms with Crippen LogP contribution in [0.15, 0.2) is 23.8 Å². The zero-order valence-electron chi connectivity index (χ0n) is 11.2. The molecule has 0 aromatic heterocycles. The quantitative estimate of drug-likeness (QED) is 0.709. The molecule has 1 aliphatic rings. The summed E-state index contributed by atoms with van der Waals surface area (Å²) in [5.41, 5.74) is 1.40. The molecule has 0 saturated carbocycles. The third-order valence-corrected chi connectivity index (χ3v) is 3.42. The Morgan fingerprint density at radius 3 is 2.82 bits per heavy atom. The molecular formula is C15H24O2. The summed E-state index contributed by atoms with van der Waals surface area (Å²) < 4.78 is 0. The topological polar surface area (TPSA) is 37.3 Å². The van der Waals surface area contributed by atoms with E-state index < -0.39 is 0 Å². The van der Waals surface area contributed by atoms with Crippen molar-refractivity contribution in [3.63, 3.8) is 0 Å². The lowest BCUT2D eigenvalue weighted by Crippen LogP contribution is -2.17. The maximum atomic E-state index is 11.9. The molecule has 1 rings (SSSR count). The monoisotopic (exact) mass is 236 g/mol. The Morgan fingerprint density at radius 2 is 2.18 bits per heavy atom. The summed E-state index contributed by atoms with van der Waals surface area (Å²) in [4.78, 5) is 11.9. The molecule has 0 aromatic carbocycles. The number of hydrogen-bond donors (Lipinski definition) is 1. The highest BCUT2D eigenvalue weighted by molar-refractivity contribution is 5.91. The number of allylic oxidation sites excluding steroid dienone is 4. The van der Waals surface area contributed by atoms with Gasteiger partial charge >= 0.3 is 0 Å². The minimum atomic E-state index is -0.215. The summed E-state index contributed by atoms with van der Waals surface area (Å²) in [6, 6.07) is 0. The lowest BCUT2D eigenvalue weighted by molar-refractivity contribution is -0.119.